The molecule has 3 atom stereocenters. The van der Waals surface area contributed by atoms with E-state index < -0.39 is 6.67 Å². The number of aromatic nitrogens is 2. The van der Waals surface area contributed by atoms with Gasteiger partial charge in [0.25, 0.3) is 5.91 Å². The van der Waals surface area contributed by atoms with E-state index in [1.807, 2.05) is 25.1 Å². The van der Waals surface area contributed by atoms with E-state index in [1.165, 1.54) is 11.3 Å². The Morgan fingerprint density at radius 1 is 1.28 bits per heavy atom. The van der Waals surface area contributed by atoms with E-state index in [9.17, 15) is 9.18 Å². The fourth-order valence-electron chi connectivity index (χ4n) is 4.65. The number of nitrogens with one attached hydrogen (secondary N) is 1. The number of amides is 1. The number of hydrogen-bond acceptors (Lipinski definition) is 7. The second-order valence-electron chi connectivity index (χ2n) is 8.82. The summed E-state index contributed by atoms with van der Waals surface area (Å²) < 4.78 is 13.1. The second-order valence-corrected chi connectivity index (χ2v) is 9.82. The highest BCUT2D eigenvalue weighted by atomic mass is 32.1. The molecule has 5 N–H and O–H groups in total. The summed E-state index contributed by atoms with van der Waals surface area (Å²) in [5.74, 6) is 0.579. The molecular formula is C23H27FN6OS. The highest BCUT2D eigenvalue weighted by Gasteiger charge is 2.31. The predicted molar refractivity (Wildman–Crippen MR) is 126 cm³/mol. The number of carbonyl (C=O) groups is 1. The third kappa shape index (κ3) is 3.80. The van der Waals surface area contributed by atoms with Crippen molar-refractivity contribution < 1.29 is 9.18 Å². The Balaban J connectivity index is 1.28. The van der Waals surface area contributed by atoms with Gasteiger partial charge in [-0.25, -0.2) is 9.97 Å². The first-order valence-corrected chi connectivity index (χ1v) is 11.8. The molecule has 9 heteroatoms. The van der Waals surface area contributed by atoms with Crippen molar-refractivity contribution in [2.75, 3.05) is 30.4 Å². The standard InChI is InChI=1S/C23H27FN6OS/c1-12-2-5-16-20(26)21(32-23(16)27-12)22(31)28-15-4-6-18-13(8-15)3-7-19(29-18)30-10-14(9-24)17(25)11-30/h2-3,5,7,14-15,17H,4,6,8-11,25-26H2,1H3,(H,28,31)/t14-,15+,17+/m1/s1. The molecule has 0 bridgehead atoms. The number of pyridine rings is 2. The predicted octanol–water partition coefficient (Wildman–Crippen LogP) is 2.60. The molecule has 3 aromatic heterocycles. The average Bonchev–Trinajstić information content (AvgIpc) is 3.32. The Morgan fingerprint density at radius 2 is 2.12 bits per heavy atom. The van der Waals surface area contributed by atoms with Crippen LogP contribution < -0.4 is 21.7 Å². The van der Waals surface area contributed by atoms with E-state index in [2.05, 4.69) is 21.3 Å². The molecule has 1 saturated heterocycles. The van der Waals surface area contributed by atoms with Crippen LogP contribution in [0, 0.1) is 12.8 Å². The summed E-state index contributed by atoms with van der Waals surface area (Å²) in [6.45, 7) is 2.76. The van der Waals surface area contributed by atoms with Gasteiger partial charge < -0.3 is 21.7 Å². The number of halogens is 1. The molecule has 0 saturated carbocycles. The van der Waals surface area contributed by atoms with Crippen LogP contribution in [0.2, 0.25) is 0 Å². The van der Waals surface area contributed by atoms with Crippen molar-refractivity contribution in [3.8, 4) is 0 Å². The maximum atomic E-state index is 13.1. The summed E-state index contributed by atoms with van der Waals surface area (Å²) in [5.41, 5.74) is 15.9. The highest BCUT2D eigenvalue weighted by molar-refractivity contribution is 7.21. The van der Waals surface area contributed by atoms with Gasteiger partial charge in [-0.15, -0.1) is 11.3 Å². The number of rotatable bonds is 4. The molecule has 3 aromatic rings. The quantitative estimate of drug-likeness (QED) is 0.559. The third-order valence-corrected chi connectivity index (χ3v) is 7.65. The van der Waals surface area contributed by atoms with Crippen molar-refractivity contribution in [2.45, 2.75) is 38.3 Å². The Morgan fingerprint density at radius 3 is 2.91 bits per heavy atom. The Hall–Kier alpha value is -2.78. The van der Waals surface area contributed by atoms with Crippen molar-refractivity contribution in [2.24, 2.45) is 11.7 Å². The molecule has 32 heavy (non-hydrogen) atoms. The molecular weight excluding hydrogens is 427 g/mol. The SMILES string of the molecule is Cc1ccc2c(N)c(C(=O)N[C@H]3CCc4nc(N5C[C@@H](CF)[C@@H](N)C5)ccc4C3)sc2n1. The van der Waals surface area contributed by atoms with Crippen LogP contribution in [0.4, 0.5) is 15.9 Å². The zero-order chi connectivity index (χ0) is 22.4. The Kier molecular flexibility index (Phi) is 5.46. The number of aryl methyl sites for hydroxylation is 2. The summed E-state index contributed by atoms with van der Waals surface area (Å²) in [6.07, 6.45) is 2.32. The average molecular weight is 455 g/mol. The fraction of sp³-hybridized carbons (Fsp3) is 0.435. The molecule has 2 aliphatic rings. The van der Waals surface area contributed by atoms with E-state index in [0.717, 1.165) is 52.2 Å². The minimum absolute atomic E-state index is 0.0260. The van der Waals surface area contributed by atoms with Crippen LogP contribution in [0.3, 0.4) is 0 Å². The van der Waals surface area contributed by atoms with Gasteiger partial charge in [0.1, 0.15) is 15.5 Å². The Bertz CT molecular complexity index is 1180. The minimum atomic E-state index is -0.399. The summed E-state index contributed by atoms with van der Waals surface area (Å²) >= 11 is 1.34. The number of nitrogen functional groups attached to an aromatic ring is 1. The third-order valence-electron chi connectivity index (χ3n) is 6.54. The molecule has 0 spiro atoms. The molecule has 0 radical (unpaired) electrons. The first-order valence-electron chi connectivity index (χ1n) is 10.9. The largest absolute Gasteiger partial charge is 0.397 e. The first-order chi connectivity index (χ1) is 15.4. The molecule has 5 rings (SSSR count). The fourth-order valence-corrected chi connectivity index (χ4v) is 5.70. The van der Waals surface area contributed by atoms with Crippen LogP contribution in [0.5, 0.6) is 0 Å². The number of nitrogens with zero attached hydrogens (tertiary/aromatic N) is 3. The van der Waals surface area contributed by atoms with Crippen molar-refractivity contribution in [3.05, 3.63) is 46.1 Å². The summed E-state index contributed by atoms with van der Waals surface area (Å²) in [4.78, 5) is 25.6. The maximum absolute atomic E-state index is 13.1. The van der Waals surface area contributed by atoms with Gasteiger partial charge in [-0.2, -0.15) is 0 Å². The summed E-state index contributed by atoms with van der Waals surface area (Å²) in [6, 6.07) is 7.75. The number of carbonyl (C=O) groups excluding carboxylic acids is 1. The van der Waals surface area contributed by atoms with Crippen LogP contribution >= 0.6 is 11.3 Å². The molecule has 168 valence electrons. The van der Waals surface area contributed by atoms with E-state index >= 15 is 0 Å². The van der Waals surface area contributed by atoms with E-state index in [0.29, 0.717) is 23.7 Å². The van der Waals surface area contributed by atoms with E-state index in [4.69, 9.17) is 16.5 Å². The minimum Gasteiger partial charge on any atom is -0.397 e. The lowest BCUT2D eigenvalue weighted by Crippen LogP contribution is -2.39. The van der Waals surface area contributed by atoms with Crippen LogP contribution in [0.25, 0.3) is 10.2 Å². The van der Waals surface area contributed by atoms with Crippen molar-refractivity contribution in [3.63, 3.8) is 0 Å². The number of nitrogens with two attached hydrogens (primary N) is 2. The van der Waals surface area contributed by atoms with Crippen LogP contribution in [0.1, 0.15) is 33.0 Å². The van der Waals surface area contributed by atoms with Crippen molar-refractivity contribution >= 4 is 39.0 Å². The molecule has 0 aromatic carbocycles. The first kappa shape index (κ1) is 21.1. The van der Waals surface area contributed by atoms with Crippen LogP contribution in [-0.4, -0.2) is 47.7 Å². The zero-order valence-electron chi connectivity index (χ0n) is 18.0. The van der Waals surface area contributed by atoms with Crippen LogP contribution in [0.15, 0.2) is 24.3 Å². The number of hydrogen-bond donors (Lipinski definition) is 3. The van der Waals surface area contributed by atoms with Gasteiger partial charge >= 0.3 is 0 Å². The number of anilines is 2. The normalized spacial score (nSPS) is 22.8. The van der Waals surface area contributed by atoms with Gasteiger partial charge in [0.15, 0.2) is 0 Å². The van der Waals surface area contributed by atoms with Gasteiger partial charge in [0.2, 0.25) is 0 Å². The molecule has 1 aliphatic heterocycles. The lowest BCUT2D eigenvalue weighted by Gasteiger charge is -2.26. The smallest absolute Gasteiger partial charge is 0.263 e. The summed E-state index contributed by atoms with van der Waals surface area (Å²) in [5, 5.41) is 3.98. The maximum Gasteiger partial charge on any atom is 0.263 e. The van der Waals surface area contributed by atoms with Gasteiger partial charge in [0, 0.05) is 47.9 Å². The number of fused-ring (bicyclic) bond motifs is 2. The molecule has 1 amide bonds. The number of alkyl halides is 1. The van der Waals surface area contributed by atoms with Gasteiger partial charge in [0.05, 0.1) is 12.4 Å². The van der Waals surface area contributed by atoms with Gasteiger partial charge in [-0.05, 0) is 49.9 Å². The lowest BCUT2D eigenvalue weighted by molar-refractivity contribution is 0.0938. The zero-order valence-corrected chi connectivity index (χ0v) is 18.8. The van der Waals surface area contributed by atoms with E-state index in [1.54, 1.807) is 0 Å². The highest BCUT2D eigenvalue weighted by Crippen LogP contribution is 2.33. The van der Waals surface area contributed by atoms with E-state index in [-0.39, 0.29) is 23.9 Å². The van der Waals surface area contributed by atoms with Crippen LogP contribution in [-0.2, 0) is 12.8 Å². The summed E-state index contributed by atoms with van der Waals surface area (Å²) in [7, 11) is 0. The molecule has 0 unspecified atom stereocenters. The second kappa shape index (κ2) is 8.29. The van der Waals surface area contributed by atoms with Gasteiger partial charge in [-0.1, -0.05) is 6.07 Å². The molecule has 1 aliphatic carbocycles. The molecule has 4 heterocycles. The van der Waals surface area contributed by atoms with Gasteiger partial charge in [-0.3, -0.25) is 9.18 Å². The lowest BCUT2D eigenvalue weighted by atomic mass is 9.91. The number of thiophene rings is 1. The molecule has 7 nitrogen and oxygen atoms in total. The molecule has 1 fully saturated rings. The monoisotopic (exact) mass is 454 g/mol. The Labute approximate surface area is 190 Å². The topological polar surface area (TPSA) is 110 Å². The van der Waals surface area contributed by atoms with Crippen molar-refractivity contribution in [1.29, 1.82) is 0 Å². The van der Waals surface area contributed by atoms with Crippen molar-refractivity contribution in [1.82, 2.24) is 15.3 Å².